The van der Waals surface area contributed by atoms with Gasteiger partial charge >= 0.3 is 0 Å². The Balaban J connectivity index is 2.23. The van der Waals surface area contributed by atoms with Crippen molar-refractivity contribution in [3.05, 3.63) is 57.7 Å². The van der Waals surface area contributed by atoms with Gasteiger partial charge in [0.1, 0.15) is 0 Å². The first-order valence-electron chi connectivity index (χ1n) is 6.02. The van der Waals surface area contributed by atoms with E-state index in [0.717, 1.165) is 9.13 Å². The molecule has 3 N–H and O–H groups in total. The largest absolute Gasteiger partial charge is 0.324 e. The molecule has 4 nitrogen and oxygen atoms in total. The van der Waals surface area contributed by atoms with E-state index in [2.05, 4.69) is 27.3 Å². The van der Waals surface area contributed by atoms with Crippen molar-refractivity contribution in [3.8, 4) is 0 Å². The first-order valence-corrected chi connectivity index (χ1v) is 8.58. The number of halogens is 1. The summed E-state index contributed by atoms with van der Waals surface area (Å²) in [7, 11) is -3.56. The van der Waals surface area contributed by atoms with Gasteiger partial charge in [-0.25, -0.2) is 8.42 Å². The Morgan fingerprint density at radius 2 is 1.60 bits per heavy atom. The minimum absolute atomic E-state index is 0.115. The lowest BCUT2D eigenvalue weighted by Crippen LogP contribution is -2.13. The van der Waals surface area contributed by atoms with Crippen LogP contribution in [0.15, 0.2) is 53.4 Å². The van der Waals surface area contributed by atoms with Crippen LogP contribution in [0.25, 0.3) is 0 Å². The standard InChI is InChI=1S/C14H15IN2O2S/c1-10(16)11-2-8-14(9-3-11)20(18,19)17-13-6-4-12(15)5-7-13/h2-10,17H,16H2,1H3. The van der Waals surface area contributed by atoms with Gasteiger partial charge in [-0.3, -0.25) is 4.72 Å². The summed E-state index contributed by atoms with van der Waals surface area (Å²) in [6.07, 6.45) is 0. The summed E-state index contributed by atoms with van der Waals surface area (Å²) >= 11 is 2.17. The molecule has 1 unspecified atom stereocenters. The summed E-state index contributed by atoms with van der Waals surface area (Å²) in [6.45, 7) is 1.85. The second-order valence-electron chi connectivity index (χ2n) is 4.47. The highest BCUT2D eigenvalue weighted by Crippen LogP contribution is 2.19. The topological polar surface area (TPSA) is 72.2 Å². The third-order valence-corrected chi connectivity index (χ3v) is 4.93. The van der Waals surface area contributed by atoms with Gasteiger partial charge in [0, 0.05) is 15.3 Å². The summed E-state index contributed by atoms with van der Waals surface area (Å²) in [5.74, 6) is 0. The highest BCUT2D eigenvalue weighted by molar-refractivity contribution is 14.1. The fraction of sp³-hybridized carbons (Fsp3) is 0.143. The quantitative estimate of drug-likeness (QED) is 0.773. The van der Waals surface area contributed by atoms with Crippen molar-refractivity contribution in [2.45, 2.75) is 17.9 Å². The van der Waals surface area contributed by atoms with Gasteiger partial charge in [-0.05, 0) is 71.5 Å². The molecule has 0 saturated carbocycles. The van der Waals surface area contributed by atoms with Crippen molar-refractivity contribution < 1.29 is 8.42 Å². The molecule has 0 amide bonds. The molecule has 0 aromatic heterocycles. The van der Waals surface area contributed by atoms with Crippen LogP contribution in [0.1, 0.15) is 18.5 Å². The van der Waals surface area contributed by atoms with Crippen LogP contribution < -0.4 is 10.5 Å². The molecule has 0 saturated heterocycles. The molecule has 1 atom stereocenters. The molecule has 20 heavy (non-hydrogen) atoms. The molecule has 0 fully saturated rings. The monoisotopic (exact) mass is 402 g/mol. The predicted molar refractivity (Wildman–Crippen MR) is 89.0 cm³/mol. The van der Waals surface area contributed by atoms with Gasteiger partial charge in [0.15, 0.2) is 0 Å². The van der Waals surface area contributed by atoms with Crippen molar-refractivity contribution in [1.82, 2.24) is 0 Å². The Hall–Kier alpha value is -1.12. The van der Waals surface area contributed by atoms with E-state index in [1.807, 2.05) is 19.1 Å². The maximum atomic E-state index is 12.2. The molecule has 106 valence electrons. The maximum absolute atomic E-state index is 12.2. The van der Waals surface area contributed by atoms with Crippen LogP contribution in [0.3, 0.4) is 0 Å². The van der Waals surface area contributed by atoms with E-state index < -0.39 is 10.0 Å². The number of sulfonamides is 1. The van der Waals surface area contributed by atoms with Crippen LogP contribution >= 0.6 is 22.6 Å². The zero-order valence-corrected chi connectivity index (χ0v) is 13.9. The Labute approximate surface area is 132 Å². The molecule has 2 aromatic rings. The van der Waals surface area contributed by atoms with E-state index in [4.69, 9.17) is 5.73 Å². The minimum atomic E-state index is -3.56. The molecule has 2 aromatic carbocycles. The molecule has 6 heteroatoms. The van der Waals surface area contributed by atoms with Crippen LogP contribution in [-0.2, 0) is 10.0 Å². The molecule has 0 bridgehead atoms. The second kappa shape index (κ2) is 6.11. The molecule has 0 aliphatic carbocycles. The normalized spacial score (nSPS) is 12.9. The van der Waals surface area contributed by atoms with Gasteiger partial charge in [-0.1, -0.05) is 12.1 Å². The van der Waals surface area contributed by atoms with E-state index in [1.54, 1.807) is 36.4 Å². The molecule has 0 radical (unpaired) electrons. The number of nitrogens with two attached hydrogens (primary N) is 1. The summed E-state index contributed by atoms with van der Waals surface area (Å²) < 4.78 is 28.0. The Morgan fingerprint density at radius 3 is 2.10 bits per heavy atom. The fourth-order valence-corrected chi connectivity index (χ4v) is 3.10. The molecular weight excluding hydrogens is 387 g/mol. The van der Waals surface area contributed by atoms with Crippen molar-refractivity contribution in [2.75, 3.05) is 4.72 Å². The first kappa shape index (κ1) is 15.3. The van der Waals surface area contributed by atoms with Gasteiger partial charge in [0.2, 0.25) is 0 Å². The Kier molecular flexibility index (Phi) is 4.66. The van der Waals surface area contributed by atoms with Crippen molar-refractivity contribution in [2.24, 2.45) is 5.73 Å². The summed E-state index contributed by atoms with van der Waals surface area (Å²) in [5.41, 5.74) is 7.19. The number of anilines is 1. The van der Waals surface area contributed by atoms with Crippen LogP contribution in [0.2, 0.25) is 0 Å². The minimum Gasteiger partial charge on any atom is -0.324 e. The van der Waals surface area contributed by atoms with Crippen LogP contribution in [0.5, 0.6) is 0 Å². The lowest BCUT2D eigenvalue weighted by molar-refractivity contribution is 0.601. The van der Waals surface area contributed by atoms with Crippen molar-refractivity contribution in [3.63, 3.8) is 0 Å². The predicted octanol–water partition coefficient (Wildman–Crippen LogP) is 3.11. The zero-order valence-electron chi connectivity index (χ0n) is 10.9. The Morgan fingerprint density at radius 1 is 1.05 bits per heavy atom. The smallest absolute Gasteiger partial charge is 0.261 e. The van der Waals surface area contributed by atoms with Gasteiger partial charge in [0.05, 0.1) is 4.90 Å². The maximum Gasteiger partial charge on any atom is 0.261 e. The Bertz CT molecular complexity index is 680. The molecule has 0 spiro atoms. The lowest BCUT2D eigenvalue weighted by atomic mass is 10.1. The van der Waals surface area contributed by atoms with E-state index in [1.165, 1.54) is 0 Å². The van der Waals surface area contributed by atoms with Crippen LogP contribution in [0.4, 0.5) is 5.69 Å². The van der Waals surface area contributed by atoms with Crippen molar-refractivity contribution >= 4 is 38.3 Å². The van der Waals surface area contributed by atoms with Crippen LogP contribution in [-0.4, -0.2) is 8.42 Å². The third kappa shape index (κ3) is 3.71. The molecular formula is C14H15IN2O2S. The summed E-state index contributed by atoms with van der Waals surface area (Å²) in [4.78, 5) is 0.223. The van der Waals surface area contributed by atoms with Gasteiger partial charge < -0.3 is 5.73 Å². The average molecular weight is 402 g/mol. The first-order chi connectivity index (χ1) is 9.38. The van der Waals surface area contributed by atoms with E-state index >= 15 is 0 Å². The average Bonchev–Trinajstić information content (AvgIpc) is 2.41. The molecule has 0 aliphatic heterocycles. The highest BCUT2D eigenvalue weighted by atomic mass is 127. The second-order valence-corrected chi connectivity index (χ2v) is 7.40. The third-order valence-electron chi connectivity index (χ3n) is 2.81. The number of benzene rings is 2. The summed E-state index contributed by atoms with van der Waals surface area (Å²) in [5, 5.41) is 0. The van der Waals surface area contributed by atoms with E-state index in [9.17, 15) is 8.42 Å². The number of hydrogen-bond acceptors (Lipinski definition) is 3. The molecule has 0 heterocycles. The number of nitrogens with one attached hydrogen (secondary N) is 1. The SMILES string of the molecule is CC(N)c1ccc(S(=O)(=O)Nc2ccc(I)cc2)cc1. The van der Waals surface area contributed by atoms with Gasteiger partial charge in [0.25, 0.3) is 10.0 Å². The van der Waals surface area contributed by atoms with Gasteiger partial charge in [-0.15, -0.1) is 0 Å². The molecule has 2 rings (SSSR count). The van der Waals surface area contributed by atoms with Crippen molar-refractivity contribution in [1.29, 1.82) is 0 Å². The van der Waals surface area contributed by atoms with Crippen LogP contribution in [0, 0.1) is 3.57 Å². The van der Waals surface area contributed by atoms with E-state index in [0.29, 0.717) is 5.69 Å². The number of hydrogen-bond donors (Lipinski definition) is 2. The van der Waals surface area contributed by atoms with E-state index in [-0.39, 0.29) is 10.9 Å². The molecule has 0 aliphatic rings. The van der Waals surface area contributed by atoms with Gasteiger partial charge in [-0.2, -0.15) is 0 Å². The lowest BCUT2D eigenvalue weighted by Gasteiger charge is -2.10. The zero-order chi connectivity index (χ0) is 14.8. The number of rotatable bonds is 4. The summed E-state index contributed by atoms with van der Waals surface area (Å²) in [6, 6.07) is 13.6. The fourth-order valence-electron chi connectivity index (χ4n) is 1.68. The highest BCUT2D eigenvalue weighted by Gasteiger charge is 2.14.